The normalized spacial score (nSPS) is 24.9. The summed E-state index contributed by atoms with van der Waals surface area (Å²) in [5, 5.41) is 0. The van der Waals surface area contributed by atoms with E-state index in [-0.39, 0.29) is 5.54 Å². The molecule has 1 spiro atoms. The van der Waals surface area contributed by atoms with Crippen molar-refractivity contribution in [3.05, 3.63) is 34.9 Å². The Balaban J connectivity index is 1.83. The first kappa shape index (κ1) is 11.3. The largest absolute Gasteiger partial charge is 0.321 e. The van der Waals surface area contributed by atoms with E-state index in [1.807, 2.05) is 0 Å². The Morgan fingerprint density at radius 3 is 2.24 bits per heavy atom. The molecule has 2 N–H and O–H groups in total. The van der Waals surface area contributed by atoms with E-state index < -0.39 is 0 Å². The van der Waals surface area contributed by atoms with Crippen LogP contribution in [-0.4, -0.2) is 0 Å². The van der Waals surface area contributed by atoms with Crippen molar-refractivity contribution >= 4 is 0 Å². The van der Waals surface area contributed by atoms with Crippen LogP contribution >= 0.6 is 0 Å². The zero-order chi connectivity index (χ0) is 12.1. The van der Waals surface area contributed by atoms with Gasteiger partial charge in [0.2, 0.25) is 0 Å². The maximum atomic E-state index is 6.60. The molecule has 1 aromatic rings. The lowest BCUT2D eigenvalue weighted by atomic mass is 9.54. The van der Waals surface area contributed by atoms with Crippen molar-refractivity contribution in [1.82, 2.24) is 0 Å². The fourth-order valence-corrected chi connectivity index (χ4v) is 4.02. The first-order chi connectivity index (χ1) is 8.03. The third-order valence-corrected chi connectivity index (χ3v) is 5.13. The van der Waals surface area contributed by atoms with E-state index >= 15 is 0 Å². The van der Waals surface area contributed by atoms with Gasteiger partial charge in [0.25, 0.3) is 0 Å². The Hall–Kier alpha value is -0.820. The quantitative estimate of drug-likeness (QED) is 0.778. The Bertz CT molecular complexity index is 433. The average molecular weight is 229 g/mol. The molecule has 2 aliphatic rings. The topological polar surface area (TPSA) is 26.0 Å². The Labute approximate surface area is 104 Å². The zero-order valence-electron chi connectivity index (χ0n) is 11.1. The van der Waals surface area contributed by atoms with Crippen molar-refractivity contribution in [2.75, 3.05) is 0 Å². The van der Waals surface area contributed by atoms with Gasteiger partial charge < -0.3 is 5.73 Å². The van der Waals surface area contributed by atoms with Crippen molar-refractivity contribution in [2.24, 2.45) is 11.1 Å². The third kappa shape index (κ3) is 1.72. The maximum absolute atomic E-state index is 6.60. The molecule has 0 atom stereocenters. The van der Waals surface area contributed by atoms with Gasteiger partial charge in [-0.2, -0.15) is 0 Å². The number of aryl methyl sites for hydroxylation is 2. The monoisotopic (exact) mass is 229 g/mol. The molecular formula is C16H23N. The number of rotatable bonds is 1. The summed E-state index contributed by atoms with van der Waals surface area (Å²) in [6.07, 6.45) is 8.09. The van der Waals surface area contributed by atoms with E-state index in [9.17, 15) is 0 Å². The van der Waals surface area contributed by atoms with Gasteiger partial charge in [0, 0.05) is 5.54 Å². The molecule has 0 heterocycles. The van der Waals surface area contributed by atoms with Crippen molar-refractivity contribution in [3.63, 3.8) is 0 Å². The summed E-state index contributed by atoms with van der Waals surface area (Å²) in [6, 6.07) is 6.76. The number of nitrogens with two attached hydrogens (primary N) is 1. The second-order valence-electron chi connectivity index (χ2n) is 6.52. The minimum absolute atomic E-state index is 0.0250. The van der Waals surface area contributed by atoms with Crippen molar-refractivity contribution in [2.45, 2.75) is 57.9 Å². The molecule has 1 heteroatoms. The summed E-state index contributed by atoms with van der Waals surface area (Å²) in [5.74, 6) is 0. The fourth-order valence-electron chi connectivity index (χ4n) is 4.02. The number of hydrogen-bond acceptors (Lipinski definition) is 1. The average Bonchev–Trinajstić information content (AvgIpc) is 2.70. The van der Waals surface area contributed by atoms with Crippen LogP contribution in [0.25, 0.3) is 0 Å². The summed E-state index contributed by atoms with van der Waals surface area (Å²) < 4.78 is 0. The van der Waals surface area contributed by atoms with Crippen LogP contribution in [0.15, 0.2) is 18.2 Å². The number of hydrogen-bond donors (Lipinski definition) is 1. The van der Waals surface area contributed by atoms with Crippen LogP contribution in [0.4, 0.5) is 0 Å². The molecule has 17 heavy (non-hydrogen) atoms. The molecule has 0 unspecified atom stereocenters. The molecule has 3 rings (SSSR count). The van der Waals surface area contributed by atoms with Gasteiger partial charge >= 0.3 is 0 Å². The van der Waals surface area contributed by atoms with Gasteiger partial charge in [0.05, 0.1) is 0 Å². The predicted octanol–water partition coefficient (Wildman–Crippen LogP) is 3.81. The van der Waals surface area contributed by atoms with E-state index in [0.717, 1.165) is 0 Å². The number of benzene rings is 1. The Kier molecular flexibility index (Phi) is 2.38. The van der Waals surface area contributed by atoms with Crippen molar-refractivity contribution < 1.29 is 0 Å². The molecule has 0 radical (unpaired) electrons. The Morgan fingerprint density at radius 2 is 1.65 bits per heavy atom. The summed E-state index contributed by atoms with van der Waals surface area (Å²) in [5.41, 5.74) is 11.3. The molecule has 0 aromatic heterocycles. The lowest BCUT2D eigenvalue weighted by Crippen LogP contribution is -2.54. The molecule has 2 fully saturated rings. The van der Waals surface area contributed by atoms with Crippen LogP contribution in [0.1, 0.15) is 55.2 Å². The fraction of sp³-hybridized carbons (Fsp3) is 0.625. The van der Waals surface area contributed by atoms with Gasteiger partial charge in [0.1, 0.15) is 0 Å². The first-order valence-electron chi connectivity index (χ1n) is 6.90. The molecule has 1 aromatic carbocycles. The van der Waals surface area contributed by atoms with E-state index in [1.165, 1.54) is 55.2 Å². The van der Waals surface area contributed by atoms with Crippen LogP contribution < -0.4 is 5.73 Å². The lowest BCUT2D eigenvalue weighted by Gasteiger charge is -2.53. The summed E-state index contributed by atoms with van der Waals surface area (Å²) in [6.45, 7) is 4.35. The molecule has 0 amide bonds. The van der Waals surface area contributed by atoms with Crippen LogP contribution in [0, 0.1) is 19.3 Å². The SMILES string of the molecule is Cc1ccc(C2(N)CC3(CCCC3)C2)cc1C. The van der Waals surface area contributed by atoms with E-state index in [4.69, 9.17) is 5.73 Å². The molecule has 0 aliphatic heterocycles. The molecule has 0 bridgehead atoms. The molecule has 2 aliphatic carbocycles. The molecule has 92 valence electrons. The van der Waals surface area contributed by atoms with Gasteiger partial charge in [-0.05, 0) is 61.6 Å². The summed E-state index contributed by atoms with van der Waals surface area (Å²) in [4.78, 5) is 0. The van der Waals surface area contributed by atoms with Crippen LogP contribution in [0.2, 0.25) is 0 Å². The second-order valence-corrected chi connectivity index (χ2v) is 6.52. The summed E-state index contributed by atoms with van der Waals surface area (Å²) in [7, 11) is 0. The van der Waals surface area contributed by atoms with E-state index in [1.54, 1.807) is 0 Å². The van der Waals surface area contributed by atoms with Gasteiger partial charge in [0.15, 0.2) is 0 Å². The smallest absolute Gasteiger partial charge is 0.0420 e. The minimum atomic E-state index is -0.0250. The van der Waals surface area contributed by atoms with Crippen LogP contribution in [-0.2, 0) is 5.54 Å². The molecule has 2 saturated carbocycles. The van der Waals surface area contributed by atoms with Gasteiger partial charge in [-0.15, -0.1) is 0 Å². The van der Waals surface area contributed by atoms with E-state index in [2.05, 4.69) is 32.0 Å². The lowest BCUT2D eigenvalue weighted by molar-refractivity contribution is 0.0312. The molecule has 0 saturated heterocycles. The highest BCUT2D eigenvalue weighted by molar-refractivity contribution is 5.36. The van der Waals surface area contributed by atoms with E-state index in [0.29, 0.717) is 5.41 Å². The summed E-state index contributed by atoms with van der Waals surface area (Å²) >= 11 is 0. The third-order valence-electron chi connectivity index (χ3n) is 5.13. The highest BCUT2D eigenvalue weighted by Crippen LogP contribution is 2.60. The van der Waals surface area contributed by atoms with Crippen molar-refractivity contribution in [1.29, 1.82) is 0 Å². The van der Waals surface area contributed by atoms with Gasteiger partial charge in [-0.25, -0.2) is 0 Å². The predicted molar refractivity (Wildman–Crippen MR) is 71.9 cm³/mol. The standard InChI is InChI=1S/C16H23N/c1-12-5-6-14(9-13(12)2)16(17)10-15(11-16)7-3-4-8-15/h5-6,9H,3-4,7-8,10-11,17H2,1-2H3. The molecule has 1 nitrogen and oxygen atoms in total. The second kappa shape index (κ2) is 3.58. The highest BCUT2D eigenvalue weighted by atomic mass is 14.8. The Morgan fingerprint density at radius 1 is 1.00 bits per heavy atom. The maximum Gasteiger partial charge on any atom is 0.0420 e. The van der Waals surface area contributed by atoms with Gasteiger partial charge in [-0.3, -0.25) is 0 Å². The first-order valence-corrected chi connectivity index (χ1v) is 6.90. The zero-order valence-corrected chi connectivity index (χ0v) is 11.1. The van der Waals surface area contributed by atoms with Gasteiger partial charge in [-0.1, -0.05) is 31.0 Å². The van der Waals surface area contributed by atoms with Crippen LogP contribution in [0.5, 0.6) is 0 Å². The minimum Gasteiger partial charge on any atom is -0.321 e. The van der Waals surface area contributed by atoms with Crippen molar-refractivity contribution in [3.8, 4) is 0 Å². The highest BCUT2D eigenvalue weighted by Gasteiger charge is 2.53. The van der Waals surface area contributed by atoms with Crippen LogP contribution in [0.3, 0.4) is 0 Å². The molecular weight excluding hydrogens is 206 g/mol.